The third-order valence-electron chi connectivity index (χ3n) is 4.20. The molecule has 5 N–H and O–H groups in total. The van der Waals surface area contributed by atoms with Gasteiger partial charge in [0, 0.05) is 30.8 Å². The number of nitrogens with zero attached hydrogens (tertiary/aromatic N) is 2. The number of nitrogens with one attached hydrogen (secondary N) is 1. The molecule has 26 heavy (non-hydrogen) atoms. The highest BCUT2D eigenvalue weighted by atomic mass is 16.6. The van der Waals surface area contributed by atoms with E-state index in [2.05, 4.69) is 5.32 Å². The fourth-order valence-electron chi connectivity index (χ4n) is 2.83. The standard InChI is InChI=1S/C16H21N5O5/c17-12(7-8-14(18)22)16(24)20-9-1-2-13(20)15(23)19-10-3-5-11(6-4-10)21(25)26/h3-6,12-13H,1-2,7-9,17H2,(H2,18,22)(H,19,23)/t12-,13-/m0/s1. The summed E-state index contributed by atoms with van der Waals surface area (Å²) in [5, 5.41) is 13.3. The van der Waals surface area contributed by atoms with Crippen LogP contribution in [-0.4, -0.2) is 46.2 Å². The highest BCUT2D eigenvalue weighted by Crippen LogP contribution is 2.22. The number of nitro benzene ring substituents is 1. The van der Waals surface area contributed by atoms with Crippen LogP contribution in [0.3, 0.4) is 0 Å². The number of carbonyl (C=O) groups is 3. The lowest BCUT2D eigenvalue weighted by Crippen LogP contribution is -2.50. The number of non-ortho nitro benzene ring substituents is 1. The predicted molar refractivity (Wildman–Crippen MR) is 92.9 cm³/mol. The molecule has 0 unspecified atom stereocenters. The fraction of sp³-hybridized carbons (Fsp3) is 0.438. The highest BCUT2D eigenvalue weighted by molar-refractivity contribution is 5.98. The first-order valence-corrected chi connectivity index (χ1v) is 8.19. The van der Waals surface area contributed by atoms with Crippen molar-refractivity contribution in [1.82, 2.24) is 4.90 Å². The summed E-state index contributed by atoms with van der Waals surface area (Å²) in [6.45, 7) is 0.404. The zero-order valence-corrected chi connectivity index (χ0v) is 14.1. The SMILES string of the molecule is NC(=O)CC[C@H](N)C(=O)N1CCC[C@H]1C(=O)Nc1ccc([N+](=O)[O-])cc1. The summed E-state index contributed by atoms with van der Waals surface area (Å²) in [4.78, 5) is 47.3. The molecule has 10 heteroatoms. The van der Waals surface area contributed by atoms with E-state index in [9.17, 15) is 24.5 Å². The van der Waals surface area contributed by atoms with Crippen LogP contribution in [-0.2, 0) is 14.4 Å². The summed E-state index contributed by atoms with van der Waals surface area (Å²) >= 11 is 0. The molecule has 1 aromatic rings. The lowest BCUT2D eigenvalue weighted by molar-refractivity contribution is -0.384. The van der Waals surface area contributed by atoms with Gasteiger partial charge in [0.25, 0.3) is 5.69 Å². The van der Waals surface area contributed by atoms with Crippen LogP contribution in [0.5, 0.6) is 0 Å². The molecule has 2 rings (SSSR count). The summed E-state index contributed by atoms with van der Waals surface area (Å²) in [5.74, 6) is -1.32. The van der Waals surface area contributed by atoms with E-state index in [1.807, 2.05) is 0 Å². The van der Waals surface area contributed by atoms with E-state index in [1.165, 1.54) is 29.2 Å². The first-order chi connectivity index (χ1) is 12.3. The number of likely N-dealkylation sites (tertiary alicyclic amines) is 1. The molecule has 3 amide bonds. The smallest absolute Gasteiger partial charge is 0.269 e. The molecule has 0 saturated carbocycles. The van der Waals surface area contributed by atoms with E-state index in [4.69, 9.17) is 11.5 Å². The molecule has 1 aliphatic rings. The number of primary amides is 1. The maximum Gasteiger partial charge on any atom is 0.269 e. The van der Waals surface area contributed by atoms with Crippen molar-refractivity contribution in [3.63, 3.8) is 0 Å². The van der Waals surface area contributed by atoms with E-state index in [0.717, 1.165) is 0 Å². The Morgan fingerprint density at radius 3 is 2.54 bits per heavy atom. The number of nitrogens with two attached hydrogens (primary N) is 2. The van der Waals surface area contributed by atoms with Crippen LogP contribution >= 0.6 is 0 Å². The van der Waals surface area contributed by atoms with Crippen LogP contribution in [0.25, 0.3) is 0 Å². The van der Waals surface area contributed by atoms with Crippen LogP contribution in [0.15, 0.2) is 24.3 Å². The largest absolute Gasteiger partial charge is 0.370 e. The maximum atomic E-state index is 12.5. The van der Waals surface area contributed by atoms with E-state index in [0.29, 0.717) is 25.1 Å². The number of hydrogen-bond donors (Lipinski definition) is 3. The third kappa shape index (κ3) is 4.76. The number of hydrogen-bond acceptors (Lipinski definition) is 6. The van der Waals surface area contributed by atoms with Crippen molar-refractivity contribution in [2.45, 2.75) is 37.8 Å². The summed E-state index contributed by atoms with van der Waals surface area (Å²) < 4.78 is 0. The minimum Gasteiger partial charge on any atom is -0.370 e. The predicted octanol–water partition coefficient (Wildman–Crippen LogP) is 0.117. The molecule has 1 fully saturated rings. The Morgan fingerprint density at radius 1 is 1.31 bits per heavy atom. The molecule has 0 aliphatic carbocycles. The molecule has 140 valence electrons. The summed E-state index contributed by atoms with van der Waals surface area (Å²) in [6, 6.07) is 3.86. The van der Waals surface area contributed by atoms with Gasteiger partial charge in [-0.2, -0.15) is 0 Å². The van der Waals surface area contributed by atoms with Crippen molar-refractivity contribution in [3.8, 4) is 0 Å². The van der Waals surface area contributed by atoms with Gasteiger partial charge in [0.15, 0.2) is 0 Å². The van der Waals surface area contributed by atoms with Crippen molar-refractivity contribution in [3.05, 3.63) is 34.4 Å². The zero-order valence-electron chi connectivity index (χ0n) is 14.1. The first kappa shape index (κ1) is 19.3. The van der Waals surface area contributed by atoms with Gasteiger partial charge in [-0.05, 0) is 31.4 Å². The Kier molecular flexibility index (Phi) is 6.23. The lowest BCUT2D eigenvalue weighted by atomic mass is 10.1. The number of carbonyl (C=O) groups excluding carboxylic acids is 3. The average molecular weight is 363 g/mol. The molecule has 1 heterocycles. The van der Waals surface area contributed by atoms with Crippen molar-refractivity contribution < 1.29 is 19.3 Å². The molecule has 0 spiro atoms. The number of nitro groups is 1. The lowest BCUT2D eigenvalue weighted by Gasteiger charge is -2.26. The quantitative estimate of drug-likeness (QED) is 0.460. The van der Waals surface area contributed by atoms with Gasteiger partial charge in [0.1, 0.15) is 6.04 Å². The third-order valence-corrected chi connectivity index (χ3v) is 4.20. The maximum absolute atomic E-state index is 12.5. The summed E-state index contributed by atoms with van der Waals surface area (Å²) in [5.41, 5.74) is 11.2. The number of rotatable bonds is 7. The van der Waals surface area contributed by atoms with Crippen molar-refractivity contribution in [1.29, 1.82) is 0 Å². The van der Waals surface area contributed by atoms with Crippen molar-refractivity contribution >= 4 is 29.1 Å². The van der Waals surface area contributed by atoms with Gasteiger partial charge in [0.05, 0.1) is 11.0 Å². The molecule has 2 atom stereocenters. The van der Waals surface area contributed by atoms with Gasteiger partial charge in [0.2, 0.25) is 17.7 Å². The number of anilines is 1. The van der Waals surface area contributed by atoms with Crippen LogP contribution in [0, 0.1) is 10.1 Å². The van der Waals surface area contributed by atoms with E-state index >= 15 is 0 Å². The van der Waals surface area contributed by atoms with Gasteiger partial charge in [-0.25, -0.2) is 0 Å². The fourth-order valence-corrected chi connectivity index (χ4v) is 2.83. The molecular weight excluding hydrogens is 342 g/mol. The summed E-state index contributed by atoms with van der Waals surface area (Å²) in [7, 11) is 0. The monoisotopic (exact) mass is 363 g/mol. The van der Waals surface area contributed by atoms with Gasteiger partial charge < -0.3 is 21.7 Å². The Bertz CT molecular complexity index is 705. The van der Waals surface area contributed by atoms with Crippen LogP contribution in [0.4, 0.5) is 11.4 Å². The second kappa shape index (κ2) is 8.39. The highest BCUT2D eigenvalue weighted by Gasteiger charge is 2.36. The molecule has 10 nitrogen and oxygen atoms in total. The first-order valence-electron chi connectivity index (χ1n) is 8.19. The van der Waals surface area contributed by atoms with Crippen molar-refractivity contribution in [2.75, 3.05) is 11.9 Å². The Morgan fingerprint density at radius 2 is 1.96 bits per heavy atom. The normalized spacial score (nSPS) is 17.6. The second-order valence-corrected chi connectivity index (χ2v) is 6.09. The Hall–Kier alpha value is -3.01. The average Bonchev–Trinajstić information content (AvgIpc) is 3.09. The molecule has 1 aliphatic heterocycles. The van der Waals surface area contributed by atoms with Gasteiger partial charge >= 0.3 is 0 Å². The summed E-state index contributed by atoms with van der Waals surface area (Å²) in [6.07, 6.45) is 1.28. The second-order valence-electron chi connectivity index (χ2n) is 6.09. The van der Waals surface area contributed by atoms with E-state index < -0.39 is 28.8 Å². The van der Waals surface area contributed by atoms with Gasteiger partial charge in [-0.15, -0.1) is 0 Å². The minimum absolute atomic E-state index is 0.000402. The topological polar surface area (TPSA) is 162 Å². The van der Waals surface area contributed by atoms with Gasteiger partial charge in [-0.1, -0.05) is 0 Å². The molecule has 0 bridgehead atoms. The van der Waals surface area contributed by atoms with Crippen LogP contribution in [0.1, 0.15) is 25.7 Å². The molecule has 1 saturated heterocycles. The van der Waals surface area contributed by atoms with Crippen molar-refractivity contribution in [2.24, 2.45) is 11.5 Å². The molecule has 1 aromatic carbocycles. The molecular formula is C16H21N5O5. The Balaban J connectivity index is 1.99. The number of benzene rings is 1. The van der Waals surface area contributed by atoms with E-state index in [-0.39, 0.29) is 24.4 Å². The molecule has 0 aromatic heterocycles. The van der Waals surface area contributed by atoms with Crippen LogP contribution < -0.4 is 16.8 Å². The number of amides is 3. The minimum atomic E-state index is -0.893. The van der Waals surface area contributed by atoms with Gasteiger partial charge in [-0.3, -0.25) is 24.5 Å². The van der Waals surface area contributed by atoms with Crippen LogP contribution in [0.2, 0.25) is 0 Å². The molecule has 0 radical (unpaired) electrons. The van der Waals surface area contributed by atoms with E-state index in [1.54, 1.807) is 0 Å². The Labute approximate surface area is 149 Å². The zero-order chi connectivity index (χ0) is 19.3.